The summed E-state index contributed by atoms with van der Waals surface area (Å²) in [6.07, 6.45) is 6.41. The highest BCUT2D eigenvalue weighted by atomic mass is 15.2. The molecule has 0 saturated heterocycles. The van der Waals surface area contributed by atoms with Crippen molar-refractivity contribution < 1.29 is 0 Å². The third kappa shape index (κ3) is 6.82. The summed E-state index contributed by atoms with van der Waals surface area (Å²) in [5.41, 5.74) is 13.2. The molecule has 1 aliphatic carbocycles. The van der Waals surface area contributed by atoms with Crippen LogP contribution in [-0.4, -0.2) is 0 Å². The molecule has 58 heavy (non-hydrogen) atoms. The van der Waals surface area contributed by atoms with E-state index < -0.39 is 0 Å². The summed E-state index contributed by atoms with van der Waals surface area (Å²) in [6.45, 7) is 0. The number of rotatable bonds is 9. The van der Waals surface area contributed by atoms with Gasteiger partial charge in [-0.25, -0.2) is 0 Å². The van der Waals surface area contributed by atoms with Crippen LogP contribution in [0.3, 0.4) is 0 Å². The molecule has 1 aliphatic rings. The maximum Gasteiger partial charge on any atom is 0.0620 e. The van der Waals surface area contributed by atoms with E-state index in [9.17, 15) is 0 Å². The van der Waals surface area contributed by atoms with E-state index in [4.69, 9.17) is 0 Å². The van der Waals surface area contributed by atoms with E-state index in [1.807, 2.05) is 0 Å². The Morgan fingerprint density at radius 2 is 0.655 bits per heavy atom. The molecular weight excluding hydrogens is 701 g/mol. The van der Waals surface area contributed by atoms with Gasteiger partial charge in [0.1, 0.15) is 0 Å². The number of hydrogen-bond donors (Lipinski definition) is 0. The van der Waals surface area contributed by atoms with Crippen molar-refractivity contribution in [3.63, 3.8) is 0 Å². The molecule has 0 aromatic heterocycles. The first-order chi connectivity index (χ1) is 28.8. The number of para-hydroxylation sites is 2. The SMILES string of the molecule is c1ccc(-c2ccc(N(c3ccccc3)c3c4ccccc4c(N(c4ccccc4)c4ccc(-c5ccccc5)cc4)c4cc(C5CCCCC5)ccc34)cc2)cc1. The van der Waals surface area contributed by atoms with Gasteiger partial charge >= 0.3 is 0 Å². The van der Waals surface area contributed by atoms with E-state index in [-0.39, 0.29) is 0 Å². The van der Waals surface area contributed by atoms with Crippen molar-refractivity contribution in [2.24, 2.45) is 0 Å². The summed E-state index contributed by atoms with van der Waals surface area (Å²) in [4.78, 5) is 4.97. The lowest BCUT2D eigenvalue weighted by atomic mass is 9.83. The molecule has 0 unspecified atom stereocenters. The number of hydrogen-bond acceptors (Lipinski definition) is 2. The highest BCUT2D eigenvalue weighted by Gasteiger charge is 2.27. The Labute approximate surface area is 342 Å². The normalized spacial score (nSPS) is 13.1. The monoisotopic (exact) mass is 746 g/mol. The summed E-state index contributed by atoms with van der Waals surface area (Å²) in [7, 11) is 0. The standard InChI is InChI=1S/C56H46N2/c1-6-18-41(19-7-1)44-30-35-49(36-31-44)57(47-24-12-4-13-25-47)55-51-28-16-17-29-52(51)56(54-40-46(34-39-53(54)55)43-22-10-3-11-23-43)58(48-26-14-5-15-27-48)50-37-32-45(33-38-50)42-20-8-2-9-21-42/h1-2,4-9,12-21,24-40,43H,3,10-11,22-23H2. The van der Waals surface area contributed by atoms with Crippen molar-refractivity contribution in [2.45, 2.75) is 38.0 Å². The summed E-state index contributed by atoms with van der Waals surface area (Å²) in [6, 6.07) is 77.8. The van der Waals surface area contributed by atoms with Crippen LogP contribution >= 0.6 is 0 Å². The fourth-order valence-electron chi connectivity index (χ4n) is 9.16. The highest BCUT2D eigenvalue weighted by molar-refractivity contribution is 6.23. The topological polar surface area (TPSA) is 6.48 Å². The van der Waals surface area contributed by atoms with Crippen molar-refractivity contribution >= 4 is 55.7 Å². The minimum Gasteiger partial charge on any atom is -0.309 e. The Bertz CT molecular complexity index is 2770. The zero-order valence-electron chi connectivity index (χ0n) is 32.7. The van der Waals surface area contributed by atoms with Gasteiger partial charge < -0.3 is 9.80 Å². The molecule has 0 aliphatic heterocycles. The molecule has 0 radical (unpaired) electrons. The highest BCUT2D eigenvalue weighted by Crippen LogP contribution is 2.52. The Balaban J connectivity index is 1.25. The van der Waals surface area contributed by atoms with Crippen molar-refractivity contribution in [3.05, 3.63) is 218 Å². The van der Waals surface area contributed by atoms with Crippen LogP contribution in [0.1, 0.15) is 43.6 Å². The van der Waals surface area contributed by atoms with Gasteiger partial charge in [-0.3, -0.25) is 0 Å². The minimum absolute atomic E-state index is 0.562. The fraction of sp³-hybridized carbons (Fsp3) is 0.107. The fourth-order valence-corrected chi connectivity index (χ4v) is 9.16. The third-order valence-corrected chi connectivity index (χ3v) is 12.0. The maximum atomic E-state index is 2.55. The molecule has 2 heteroatoms. The molecular formula is C56H46N2. The first-order valence-electron chi connectivity index (χ1n) is 20.8. The number of anilines is 6. The molecule has 0 N–H and O–H groups in total. The van der Waals surface area contributed by atoms with Gasteiger partial charge in [-0.05, 0) is 101 Å². The van der Waals surface area contributed by atoms with Crippen molar-refractivity contribution in [1.82, 2.24) is 0 Å². The van der Waals surface area contributed by atoms with Crippen LogP contribution in [0.25, 0.3) is 43.8 Å². The third-order valence-electron chi connectivity index (χ3n) is 12.0. The summed E-state index contributed by atoms with van der Waals surface area (Å²) >= 11 is 0. The average molecular weight is 747 g/mol. The Kier molecular flexibility index (Phi) is 9.75. The Morgan fingerprint density at radius 3 is 1.12 bits per heavy atom. The first-order valence-corrected chi connectivity index (χ1v) is 20.8. The predicted octanol–water partition coefficient (Wildman–Crippen LogP) is 16.3. The van der Waals surface area contributed by atoms with Gasteiger partial charge in [0.2, 0.25) is 0 Å². The Morgan fingerprint density at radius 1 is 0.293 bits per heavy atom. The van der Waals surface area contributed by atoms with Gasteiger partial charge in [0.05, 0.1) is 11.4 Å². The quantitative estimate of drug-likeness (QED) is 0.107. The number of fused-ring (bicyclic) bond motifs is 2. The lowest BCUT2D eigenvalue weighted by Gasteiger charge is -2.33. The van der Waals surface area contributed by atoms with E-state index in [1.54, 1.807) is 0 Å². The molecule has 0 bridgehead atoms. The molecule has 0 atom stereocenters. The van der Waals surface area contributed by atoms with E-state index >= 15 is 0 Å². The lowest BCUT2D eigenvalue weighted by Crippen LogP contribution is -2.15. The molecule has 0 heterocycles. The van der Waals surface area contributed by atoms with Crippen LogP contribution in [0.2, 0.25) is 0 Å². The van der Waals surface area contributed by atoms with E-state index in [1.165, 1.54) is 92.8 Å². The average Bonchev–Trinajstić information content (AvgIpc) is 3.31. The molecule has 1 fully saturated rings. The molecule has 280 valence electrons. The molecule has 9 aromatic rings. The molecule has 1 saturated carbocycles. The smallest absolute Gasteiger partial charge is 0.0620 e. The predicted molar refractivity (Wildman–Crippen MR) is 248 cm³/mol. The minimum atomic E-state index is 0.562. The van der Waals surface area contributed by atoms with Gasteiger partial charge in [-0.1, -0.05) is 177 Å². The van der Waals surface area contributed by atoms with E-state index in [2.05, 4.69) is 222 Å². The largest absolute Gasteiger partial charge is 0.309 e. The van der Waals surface area contributed by atoms with Crippen molar-refractivity contribution in [1.29, 1.82) is 0 Å². The number of benzene rings is 9. The second kappa shape index (κ2) is 15.9. The zero-order chi connectivity index (χ0) is 38.7. The maximum absolute atomic E-state index is 2.55. The van der Waals surface area contributed by atoms with Crippen LogP contribution in [-0.2, 0) is 0 Å². The first kappa shape index (κ1) is 35.5. The van der Waals surface area contributed by atoms with Crippen LogP contribution in [0.4, 0.5) is 34.1 Å². The van der Waals surface area contributed by atoms with Gasteiger partial charge in [-0.2, -0.15) is 0 Å². The number of nitrogens with zero attached hydrogens (tertiary/aromatic N) is 2. The molecule has 2 nitrogen and oxygen atoms in total. The van der Waals surface area contributed by atoms with Gasteiger partial charge in [0.25, 0.3) is 0 Å². The lowest BCUT2D eigenvalue weighted by molar-refractivity contribution is 0.444. The summed E-state index contributed by atoms with van der Waals surface area (Å²) in [5, 5.41) is 4.90. The molecule has 0 spiro atoms. The van der Waals surface area contributed by atoms with E-state index in [0.717, 1.165) is 22.7 Å². The zero-order valence-corrected chi connectivity index (χ0v) is 32.7. The summed E-state index contributed by atoms with van der Waals surface area (Å²) < 4.78 is 0. The van der Waals surface area contributed by atoms with Gasteiger partial charge in [0.15, 0.2) is 0 Å². The van der Waals surface area contributed by atoms with Crippen molar-refractivity contribution in [2.75, 3.05) is 9.80 Å². The van der Waals surface area contributed by atoms with E-state index in [0.29, 0.717) is 5.92 Å². The van der Waals surface area contributed by atoms with Crippen molar-refractivity contribution in [3.8, 4) is 22.3 Å². The van der Waals surface area contributed by atoms with Crippen LogP contribution < -0.4 is 9.80 Å². The Hall–Kier alpha value is -6.90. The molecule has 10 rings (SSSR count). The van der Waals surface area contributed by atoms with Crippen LogP contribution in [0, 0.1) is 0 Å². The van der Waals surface area contributed by atoms with Crippen LogP contribution in [0.15, 0.2) is 212 Å². The summed E-state index contributed by atoms with van der Waals surface area (Å²) in [5.74, 6) is 0.562. The molecule has 9 aromatic carbocycles. The molecule has 0 amide bonds. The second-order valence-electron chi connectivity index (χ2n) is 15.6. The van der Waals surface area contributed by atoms with Crippen LogP contribution in [0.5, 0.6) is 0 Å². The van der Waals surface area contributed by atoms with Gasteiger partial charge in [0, 0.05) is 44.3 Å². The second-order valence-corrected chi connectivity index (χ2v) is 15.6. The van der Waals surface area contributed by atoms with Gasteiger partial charge in [-0.15, -0.1) is 0 Å².